The van der Waals surface area contributed by atoms with Crippen LogP contribution in [0.25, 0.3) is 10.9 Å². The van der Waals surface area contributed by atoms with Crippen LogP contribution < -0.4 is 0 Å². The topological polar surface area (TPSA) is 57.5 Å². The molecule has 0 N–H and O–H groups in total. The Kier molecular flexibility index (Phi) is 5.71. The molecular formula is C22H24ClNO4S. The largest absolute Gasteiger partial charge is 0.353 e. The fraction of sp³-hybridized carbons (Fsp3) is 0.364. The molecule has 1 aromatic heterocycles. The molecule has 29 heavy (non-hydrogen) atoms. The molecule has 3 aromatic rings. The molecule has 154 valence electrons. The van der Waals surface area contributed by atoms with Crippen LogP contribution in [0.5, 0.6) is 0 Å². The zero-order valence-corrected chi connectivity index (χ0v) is 18.1. The second-order valence-electron chi connectivity index (χ2n) is 7.45. The monoisotopic (exact) mass is 433 g/mol. The lowest BCUT2D eigenvalue weighted by Gasteiger charge is -2.23. The molecule has 4 rings (SSSR count). The van der Waals surface area contributed by atoms with Crippen LogP contribution >= 0.6 is 11.6 Å². The van der Waals surface area contributed by atoms with E-state index in [0.29, 0.717) is 17.1 Å². The minimum atomic E-state index is -3.72. The Balaban J connectivity index is 1.74. The van der Waals surface area contributed by atoms with Crippen molar-refractivity contribution < 1.29 is 17.9 Å². The number of fused-ring (bicyclic) bond motifs is 1. The fourth-order valence-corrected chi connectivity index (χ4v) is 5.44. The van der Waals surface area contributed by atoms with E-state index in [2.05, 4.69) is 0 Å². The molecule has 0 radical (unpaired) electrons. The zero-order chi connectivity index (χ0) is 20.6. The van der Waals surface area contributed by atoms with E-state index in [0.717, 1.165) is 41.3 Å². The van der Waals surface area contributed by atoms with E-state index in [1.54, 1.807) is 42.6 Å². The minimum absolute atomic E-state index is 0.241. The summed E-state index contributed by atoms with van der Waals surface area (Å²) in [6.45, 7) is 4.77. The maximum Gasteiger partial charge on any atom is 0.268 e. The molecule has 0 spiro atoms. The van der Waals surface area contributed by atoms with Gasteiger partial charge in [-0.1, -0.05) is 29.3 Å². The van der Waals surface area contributed by atoms with Gasteiger partial charge in [-0.3, -0.25) is 0 Å². The summed E-state index contributed by atoms with van der Waals surface area (Å²) >= 11 is 6.50. The summed E-state index contributed by atoms with van der Waals surface area (Å²) in [4.78, 5) is 0.253. The van der Waals surface area contributed by atoms with Gasteiger partial charge in [0.1, 0.15) is 0 Å². The fourth-order valence-electron chi connectivity index (χ4n) is 3.71. The predicted octanol–water partition coefficient (Wildman–Crippen LogP) is 5.19. The Labute approximate surface area is 176 Å². The molecule has 0 bridgehead atoms. The Morgan fingerprint density at radius 3 is 2.62 bits per heavy atom. The molecule has 1 aliphatic rings. The van der Waals surface area contributed by atoms with Crippen LogP contribution in [-0.4, -0.2) is 25.3 Å². The van der Waals surface area contributed by atoms with Gasteiger partial charge in [0.15, 0.2) is 6.29 Å². The van der Waals surface area contributed by atoms with E-state index >= 15 is 0 Å². The van der Waals surface area contributed by atoms with Crippen molar-refractivity contribution >= 4 is 32.5 Å². The van der Waals surface area contributed by atoms with Crippen LogP contribution in [-0.2, 0) is 26.1 Å². The molecule has 0 saturated carbocycles. The van der Waals surface area contributed by atoms with Crippen LogP contribution in [0.2, 0.25) is 5.02 Å². The number of hydrogen-bond donors (Lipinski definition) is 0. The van der Waals surface area contributed by atoms with Gasteiger partial charge in [0.2, 0.25) is 0 Å². The van der Waals surface area contributed by atoms with E-state index in [1.807, 2.05) is 13.8 Å². The van der Waals surface area contributed by atoms with Crippen molar-refractivity contribution in [2.75, 3.05) is 6.61 Å². The zero-order valence-electron chi connectivity index (χ0n) is 16.5. The van der Waals surface area contributed by atoms with E-state index in [-0.39, 0.29) is 17.8 Å². The molecule has 0 unspecified atom stereocenters. The third-order valence-corrected chi connectivity index (χ3v) is 7.34. The number of rotatable bonds is 5. The summed E-state index contributed by atoms with van der Waals surface area (Å²) in [7, 11) is -3.72. The first-order chi connectivity index (χ1) is 13.9. The number of ether oxygens (including phenoxy) is 2. The normalized spacial score (nSPS) is 17.7. The highest BCUT2D eigenvalue weighted by Gasteiger charge is 2.23. The summed E-state index contributed by atoms with van der Waals surface area (Å²) in [6.07, 6.45) is 4.33. The van der Waals surface area contributed by atoms with Gasteiger partial charge in [0, 0.05) is 28.8 Å². The molecule has 1 aliphatic heterocycles. The second-order valence-corrected chi connectivity index (χ2v) is 9.68. The molecule has 0 amide bonds. The van der Waals surface area contributed by atoms with Gasteiger partial charge in [-0.15, -0.1) is 0 Å². The lowest BCUT2D eigenvalue weighted by atomic mass is 10.1. The number of aromatic nitrogens is 1. The van der Waals surface area contributed by atoms with Crippen molar-refractivity contribution in [2.24, 2.45) is 0 Å². The first-order valence-corrected chi connectivity index (χ1v) is 11.5. The van der Waals surface area contributed by atoms with Crippen LogP contribution in [0, 0.1) is 13.8 Å². The van der Waals surface area contributed by atoms with E-state index < -0.39 is 10.0 Å². The SMILES string of the molecule is Cc1ccc(S(=O)(=O)n2ccc3c(CO[C@H]4CCCCO4)c(Cl)cc(C)c32)cc1. The van der Waals surface area contributed by atoms with E-state index in [4.69, 9.17) is 21.1 Å². The van der Waals surface area contributed by atoms with Gasteiger partial charge in [0.25, 0.3) is 10.0 Å². The average molecular weight is 434 g/mol. The van der Waals surface area contributed by atoms with Crippen molar-refractivity contribution in [1.29, 1.82) is 0 Å². The number of nitrogens with zero attached hydrogens (tertiary/aromatic N) is 1. The van der Waals surface area contributed by atoms with Crippen LogP contribution in [0.15, 0.2) is 47.5 Å². The summed E-state index contributed by atoms with van der Waals surface area (Å²) in [5.74, 6) is 0. The number of hydrogen-bond acceptors (Lipinski definition) is 4. The maximum atomic E-state index is 13.3. The van der Waals surface area contributed by atoms with Crippen molar-refractivity contribution in [1.82, 2.24) is 3.97 Å². The highest BCUT2D eigenvalue weighted by Crippen LogP contribution is 2.33. The van der Waals surface area contributed by atoms with Gasteiger partial charge in [0.05, 0.1) is 17.0 Å². The maximum absolute atomic E-state index is 13.3. The van der Waals surface area contributed by atoms with E-state index in [1.165, 1.54) is 3.97 Å². The first-order valence-electron chi connectivity index (χ1n) is 9.72. The van der Waals surface area contributed by atoms with Crippen molar-refractivity contribution in [2.45, 2.75) is 50.9 Å². The minimum Gasteiger partial charge on any atom is -0.353 e. The third kappa shape index (κ3) is 3.94. The van der Waals surface area contributed by atoms with Gasteiger partial charge >= 0.3 is 0 Å². The molecule has 1 atom stereocenters. The highest BCUT2D eigenvalue weighted by molar-refractivity contribution is 7.90. The molecule has 7 heteroatoms. The molecule has 0 aliphatic carbocycles. The van der Waals surface area contributed by atoms with Crippen molar-refractivity contribution in [3.63, 3.8) is 0 Å². The molecule has 2 aromatic carbocycles. The molecule has 2 heterocycles. The smallest absolute Gasteiger partial charge is 0.268 e. The first kappa shape index (κ1) is 20.4. The quantitative estimate of drug-likeness (QED) is 0.555. The molecule has 1 saturated heterocycles. The summed E-state index contributed by atoms with van der Waals surface area (Å²) in [5, 5.41) is 1.35. The molecule has 1 fully saturated rings. The Morgan fingerprint density at radius 1 is 1.17 bits per heavy atom. The lowest BCUT2D eigenvalue weighted by Crippen LogP contribution is -2.22. The van der Waals surface area contributed by atoms with Gasteiger partial charge in [-0.2, -0.15) is 0 Å². The number of aryl methyl sites for hydroxylation is 2. The van der Waals surface area contributed by atoms with E-state index in [9.17, 15) is 8.42 Å². The number of benzene rings is 2. The van der Waals surface area contributed by atoms with Crippen LogP contribution in [0.3, 0.4) is 0 Å². The second kappa shape index (κ2) is 8.11. The Bertz CT molecular complexity index is 1130. The predicted molar refractivity (Wildman–Crippen MR) is 114 cm³/mol. The summed E-state index contributed by atoms with van der Waals surface area (Å²) < 4.78 is 39.4. The Morgan fingerprint density at radius 2 is 1.93 bits per heavy atom. The number of halogens is 1. The highest BCUT2D eigenvalue weighted by atomic mass is 35.5. The Hall–Kier alpha value is -1.86. The third-order valence-electron chi connectivity index (χ3n) is 5.31. The van der Waals surface area contributed by atoms with Crippen molar-refractivity contribution in [3.8, 4) is 0 Å². The summed E-state index contributed by atoms with van der Waals surface area (Å²) in [5.41, 5.74) is 3.20. The lowest BCUT2D eigenvalue weighted by molar-refractivity contribution is -0.168. The molecular weight excluding hydrogens is 410 g/mol. The van der Waals surface area contributed by atoms with Gasteiger partial charge in [-0.25, -0.2) is 12.4 Å². The average Bonchev–Trinajstić information content (AvgIpc) is 3.15. The van der Waals surface area contributed by atoms with Crippen molar-refractivity contribution in [3.05, 3.63) is 64.3 Å². The molecule has 5 nitrogen and oxygen atoms in total. The summed E-state index contributed by atoms with van der Waals surface area (Å²) in [6, 6.07) is 10.4. The standard InChI is InChI=1S/C22H24ClNO4S/c1-15-6-8-17(9-7-15)29(25,26)24-11-10-18-19(20(23)13-16(2)22(18)24)14-28-21-5-3-4-12-27-21/h6-11,13,21H,3-5,12,14H2,1-2H3/t21-/m0/s1. The van der Waals surface area contributed by atoms with Gasteiger partial charge < -0.3 is 9.47 Å². The van der Waals surface area contributed by atoms with Gasteiger partial charge in [-0.05, 0) is 62.9 Å². The van der Waals surface area contributed by atoms with Crippen LogP contribution in [0.1, 0.15) is 36.0 Å². The van der Waals surface area contributed by atoms with Crippen LogP contribution in [0.4, 0.5) is 0 Å².